The van der Waals surface area contributed by atoms with E-state index < -0.39 is 0 Å². The third kappa shape index (κ3) is 3.98. The van der Waals surface area contributed by atoms with Crippen LogP contribution in [0.25, 0.3) is 0 Å². The maximum atomic E-state index is 9.42. The molecule has 0 saturated heterocycles. The molecule has 0 aliphatic carbocycles. The fraction of sp³-hybridized carbons (Fsp3) is 0.538. The van der Waals surface area contributed by atoms with Crippen molar-refractivity contribution in [2.75, 3.05) is 25.2 Å². The Morgan fingerprint density at radius 3 is 2.65 bits per heavy atom. The first-order valence-corrected chi connectivity index (χ1v) is 6.54. The summed E-state index contributed by atoms with van der Waals surface area (Å²) in [7, 11) is 1.70. The van der Waals surface area contributed by atoms with Crippen LogP contribution in [0.4, 0.5) is 5.69 Å². The minimum absolute atomic E-state index is 0.0466. The Hall–Kier alpha value is -0.580. The monoisotopic (exact) mass is 301 g/mol. The lowest BCUT2D eigenvalue weighted by Crippen LogP contribution is -2.34. The van der Waals surface area contributed by atoms with Gasteiger partial charge >= 0.3 is 0 Å². The van der Waals surface area contributed by atoms with Gasteiger partial charge in [-0.05, 0) is 32.0 Å². The standard InChI is InChI=1S/C13H20BrNO2/c1-10(2)15(6-7-17-3)13-5-4-12(14)8-11(13)9-16/h4-5,8,10,16H,6-7,9H2,1-3H3. The summed E-state index contributed by atoms with van der Waals surface area (Å²) in [5.41, 5.74) is 2.01. The van der Waals surface area contributed by atoms with Gasteiger partial charge in [-0.1, -0.05) is 15.9 Å². The molecule has 0 saturated carbocycles. The summed E-state index contributed by atoms with van der Waals surface area (Å²) in [6, 6.07) is 6.36. The van der Waals surface area contributed by atoms with Crippen molar-refractivity contribution in [3.8, 4) is 0 Å². The summed E-state index contributed by atoms with van der Waals surface area (Å²) >= 11 is 3.42. The lowest BCUT2D eigenvalue weighted by atomic mass is 10.1. The van der Waals surface area contributed by atoms with Crippen molar-refractivity contribution < 1.29 is 9.84 Å². The number of benzene rings is 1. The molecular weight excluding hydrogens is 282 g/mol. The summed E-state index contributed by atoms with van der Waals surface area (Å²) in [6.45, 7) is 5.82. The van der Waals surface area contributed by atoms with Gasteiger partial charge in [-0.25, -0.2) is 0 Å². The lowest BCUT2D eigenvalue weighted by Gasteiger charge is -2.30. The van der Waals surface area contributed by atoms with Gasteiger partial charge in [0.25, 0.3) is 0 Å². The Labute approximate surface area is 112 Å². The largest absolute Gasteiger partial charge is 0.392 e. The zero-order chi connectivity index (χ0) is 12.8. The molecule has 0 bridgehead atoms. The molecular formula is C13H20BrNO2. The molecule has 0 fully saturated rings. The summed E-state index contributed by atoms with van der Waals surface area (Å²) in [5.74, 6) is 0. The summed E-state index contributed by atoms with van der Waals surface area (Å²) in [6.07, 6.45) is 0. The van der Waals surface area contributed by atoms with E-state index in [9.17, 15) is 5.11 Å². The third-order valence-electron chi connectivity index (χ3n) is 2.68. The number of aliphatic hydroxyl groups is 1. The van der Waals surface area contributed by atoms with E-state index in [1.54, 1.807) is 7.11 Å². The quantitative estimate of drug-likeness (QED) is 0.877. The minimum atomic E-state index is 0.0466. The molecule has 96 valence electrons. The highest BCUT2D eigenvalue weighted by molar-refractivity contribution is 9.10. The second-order valence-electron chi connectivity index (χ2n) is 4.21. The first-order chi connectivity index (χ1) is 8.10. The molecule has 0 unspecified atom stereocenters. The first kappa shape index (κ1) is 14.5. The highest BCUT2D eigenvalue weighted by Crippen LogP contribution is 2.26. The summed E-state index contributed by atoms with van der Waals surface area (Å²) in [5, 5.41) is 9.42. The molecule has 1 N–H and O–H groups in total. The third-order valence-corrected chi connectivity index (χ3v) is 3.17. The van der Waals surface area contributed by atoms with E-state index in [0.29, 0.717) is 12.6 Å². The van der Waals surface area contributed by atoms with Gasteiger partial charge in [-0.15, -0.1) is 0 Å². The highest BCUT2D eigenvalue weighted by atomic mass is 79.9. The SMILES string of the molecule is COCCN(c1ccc(Br)cc1CO)C(C)C. The van der Waals surface area contributed by atoms with Crippen molar-refractivity contribution in [1.29, 1.82) is 0 Å². The Kier molecular flexibility index (Phi) is 5.95. The van der Waals surface area contributed by atoms with Crippen molar-refractivity contribution in [3.63, 3.8) is 0 Å². The van der Waals surface area contributed by atoms with Gasteiger partial charge in [0.15, 0.2) is 0 Å². The van der Waals surface area contributed by atoms with Crippen LogP contribution in [0, 0.1) is 0 Å². The van der Waals surface area contributed by atoms with Crippen molar-refractivity contribution in [3.05, 3.63) is 28.2 Å². The molecule has 0 aromatic heterocycles. The van der Waals surface area contributed by atoms with Gasteiger partial charge in [0, 0.05) is 35.4 Å². The molecule has 1 rings (SSSR count). The molecule has 0 atom stereocenters. The summed E-state index contributed by atoms with van der Waals surface area (Å²) in [4.78, 5) is 2.24. The van der Waals surface area contributed by atoms with Gasteiger partial charge in [0.1, 0.15) is 0 Å². The van der Waals surface area contributed by atoms with E-state index in [1.165, 1.54) is 0 Å². The van der Waals surface area contributed by atoms with E-state index in [-0.39, 0.29) is 6.61 Å². The molecule has 0 amide bonds. The van der Waals surface area contributed by atoms with Crippen LogP contribution in [0.1, 0.15) is 19.4 Å². The maximum Gasteiger partial charge on any atom is 0.0702 e. The number of aliphatic hydroxyl groups excluding tert-OH is 1. The average Bonchev–Trinajstić information content (AvgIpc) is 2.30. The van der Waals surface area contributed by atoms with Gasteiger partial charge in [0.2, 0.25) is 0 Å². The van der Waals surface area contributed by atoms with Crippen LogP contribution in [0.2, 0.25) is 0 Å². The molecule has 1 aromatic carbocycles. The Balaban J connectivity index is 3.00. The van der Waals surface area contributed by atoms with Gasteiger partial charge < -0.3 is 14.7 Å². The molecule has 0 heterocycles. The molecule has 17 heavy (non-hydrogen) atoms. The van der Waals surface area contributed by atoms with Gasteiger partial charge in [-0.2, -0.15) is 0 Å². The van der Waals surface area contributed by atoms with E-state index in [2.05, 4.69) is 34.7 Å². The van der Waals surface area contributed by atoms with Crippen molar-refractivity contribution in [1.82, 2.24) is 0 Å². The Morgan fingerprint density at radius 2 is 2.12 bits per heavy atom. The fourth-order valence-corrected chi connectivity index (χ4v) is 2.22. The van der Waals surface area contributed by atoms with Crippen molar-refractivity contribution in [2.45, 2.75) is 26.5 Å². The van der Waals surface area contributed by atoms with Crippen LogP contribution in [0.3, 0.4) is 0 Å². The molecule has 0 aliphatic rings. The van der Waals surface area contributed by atoms with E-state index >= 15 is 0 Å². The Morgan fingerprint density at radius 1 is 1.41 bits per heavy atom. The number of nitrogens with zero attached hydrogens (tertiary/aromatic N) is 1. The van der Waals surface area contributed by atoms with E-state index in [4.69, 9.17) is 4.74 Å². The van der Waals surface area contributed by atoms with E-state index in [1.807, 2.05) is 18.2 Å². The fourth-order valence-electron chi connectivity index (χ4n) is 1.81. The highest BCUT2D eigenvalue weighted by Gasteiger charge is 2.14. The number of ether oxygens (including phenoxy) is 1. The molecule has 3 nitrogen and oxygen atoms in total. The predicted molar refractivity (Wildman–Crippen MR) is 74.4 cm³/mol. The van der Waals surface area contributed by atoms with Crippen molar-refractivity contribution >= 4 is 21.6 Å². The number of methoxy groups -OCH3 is 1. The molecule has 1 aromatic rings. The van der Waals surface area contributed by atoms with Crippen LogP contribution in [0.5, 0.6) is 0 Å². The van der Waals surface area contributed by atoms with Crippen LogP contribution < -0.4 is 4.90 Å². The number of hydrogen-bond donors (Lipinski definition) is 1. The zero-order valence-electron chi connectivity index (χ0n) is 10.6. The lowest BCUT2D eigenvalue weighted by molar-refractivity contribution is 0.203. The molecule has 0 radical (unpaired) electrons. The second-order valence-corrected chi connectivity index (χ2v) is 5.13. The van der Waals surface area contributed by atoms with Gasteiger partial charge in [-0.3, -0.25) is 0 Å². The number of hydrogen-bond acceptors (Lipinski definition) is 3. The van der Waals surface area contributed by atoms with E-state index in [0.717, 1.165) is 22.3 Å². The predicted octanol–water partition coefficient (Wildman–Crippen LogP) is 2.80. The van der Waals surface area contributed by atoms with Crippen LogP contribution in [-0.2, 0) is 11.3 Å². The topological polar surface area (TPSA) is 32.7 Å². The maximum absolute atomic E-state index is 9.42. The molecule has 4 heteroatoms. The van der Waals surface area contributed by atoms with Crippen LogP contribution in [-0.4, -0.2) is 31.4 Å². The summed E-state index contributed by atoms with van der Waals surface area (Å²) < 4.78 is 6.11. The van der Waals surface area contributed by atoms with Gasteiger partial charge in [0.05, 0.1) is 13.2 Å². The minimum Gasteiger partial charge on any atom is -0.392 e. The molecule has 0 aliphatic heterocycles. The normalized spacial score (nSPS) is 10.9. The van der Waals surface area contributed by atoms with Crippen molar-refractivity contribution in [2.24, 2.45) is 0 Å². The van der Waals surface area contributed by atoms with Crippen LogP contribution >= 0.6 is 15.9 Å². The first-order valence-electron chi connectivity index (χ1n) is 5.75. The smallest absolute Gasteiger partial charge is 0.0702 e. The zero-order valence-corrected chi connectivity index (χ0v) is 12.2. The average molecular weight is 302 g/mol. The number of rotatable bonds is 6. The number of anilines is 1. The Bertz CT molecular complexity index is 355. The molecule has 0 spiro atoms. The number of halogens is 1. The van der Waals surface area contributed by atoms with Crippen LogP contribution in [0.15, 0.2) is 22.7 Å². The second kappa shape index (κ2) is 6.99.